The first-order chi connectivity index (χ1) is 17.5. The Kier molecular flexibility index (Phi) is 7.25. The van der Waals surface area contributed by atoms with E-state index >= 15 is 0 Å². The van der Waals surface area contributed by atoms with E-state index in [4.69, 9.17) is 11.6 Å². The quantitative estimate of drug-likeness (QED) is 0.211. The Morgan fingerprint density at radius 1 is 1.03 bits per heavy atom. The summed E-state index contributed by atoms with van der Waals surface area (Å²) in [5.74, 6) is -4.24. The highest BCUT2D eigenvalue weighted by atomic mass is 35.5. The van der Waals surface area contributed by atoms with Crippen LogP contribution in [0.4, 0.5) is 23.7 Å². The van der Waals surface area contributed by atoms with Gasteiger partial charge >= 0.3 is 6.03 Å². The number of rotatable bonds is 6. The Morgan fingerprint density at radius 3 is 2.43 bits per heavy atom. The van der Waals surface area contributed by atoms with Crippen molar-refractivity contribution in [3.8, 4) is 0 Å². The fourth-order valence-electron chi connectivity index (χ4n) is 3.48. The van der Waals surface area contributed by atoms with Crippen molar-refractivity contribution in [3.05, 3.63) is 70.7 Å². The number of hydrogen-bond donors (Lipinski definition) is 0. The molecular weight excluding hydrogens is 513 g/mol. The van der Waals surface area contributed by atoms with Crippen molar-refractivity contribution in [1.82, 2.24) is 34.3 Å². The average molecular weight is 533 g/mol. The number of hydrogen-bond acceptors (Lipinski definition) is 6. The molecule has 4 aromatic rings. The Bertz CT molecular complexity index is 1530. The van der Waals surface area contributed by atoms with Gasteiger partial charge in [-0.1, -0.05) is 11.6 Å². The summed E-state index contributed by atoms with van der Waals surface area (Å²) in [6.45, 7) is 0.293. The molecule has 0 N–H and O–H groups in total. The van der Waals surface area contributed by atoms with Crippen molar-refractivity contribution in [2.45, 2.75) is 20.0 Å². The minimum atomic E-state index is -1.38. The molecule has 0 saturated heterocycles. The Labute approximate surface area is 213 Å². The molecule has 0 radical (unpaired) electrons. The van der Waals surface area contributed by atoms with E-state index in [9.17, 15) is 22.8 Å². The second-order valence-corrected chi connectivity index (χ2v) is 8.52. The monoisotopic (exact) mass is 532 g/mol. The molecule has 0 atom stereocenters. The first-order valence-corrected chi connectivity index (χ1v) is 11.1. The fraction of sp³-hybridized carbons (Fsp3) is 0.217. The lowest BCUT2D eigenvalue weighted by molar-refractivity contribution is -0.126. The van der Waals surface area contributed by atoms with Crippen molar-refractivity contribution in [2.75, 3.05) is 0 Å². The number of carbonyl (C=O) groups excluding carboxylic acids is 2. The van der Waals surface area contributed by atoms with Crippen LogP contribution >= 0.6 is 11.6 Å². The predicted octanol–water partition coefficient (Wildman–Crippen LogP) is 4.10. The van der Waals surface area contributed by atoms with Gasteiger partial charge in [-0.15, -0.1) is 0 Å². The molecule has 0 bridgehead atoms. The molecule has 0 spiro atoms. The molecule has 2 heterocycles. The van der Waals surface area contributed by atoms with Gasteiger partial charge < -0.3 is 0 Å². The minimum Gasteiger partial charge on any atom is -0.280 e. The van der Waals surface area contributed by atoms with Crippen molar-refractivity contribution in [1.29, 1.82) is 0 Å². The van der Waals surface area contributed by atoms with Gasteiger partial charge in [0.1, 0.15) is 12.1 Å². The number of amides is 3. The maximum atomic E-state index is 14.4. The van der Waals surface area contributed by atoms with Crippen molar-refractivity contribution in [3.63, 3.8) is 0 Å². The zero-order chi connectivity index (χ0) is 26.9. The van der Waals surface area contributed by atoms with E-state index in [0.29, 0.717) is 17.6 Å². The summed E-state index contributed by atoms with van der Waals surface area (Å²) in [5, 5.41) is 9.25. The maximum absolute atomic E-state index is 14.4. The van der Waals surface area contributed by atoms with Crippen LogP contribution < -0.4 is 0 Å². The molecule has 37 heavy (non-hydrogen) atoms. The molecule has 4 rings (SSSR count). The molecule has 14 heteroatoms. The summed E-state index contributed by atoms with van der Waals surface area (Å²) in [4.78, 5) is 35.7. The first-order valence-electron chi connectivity index (χ1n) is 10.8. The Balaban J connectivity index is 1.71. The summed E-state index contributed by atoms with van der Waals surface area (Å²) < 4.78 is 44.7. The molecule has 0 fully saturated rings. The van der Waals surface area contributed by atoms with E-state index < -0.39 is 35.9 Å². The van der Waals surface area contributed by atoms with Crippen LogP contribution in [0.5, 0.6) is 0 Å². The highest BCUT2D eigenvalue weighted by molar-refractivity contribution is 6.33. The summed E-state index contributed by atoms with van der Waals surface area (Å²) in [6, 6.07) is 3.29. The summed E-state index contributed by atoms with van der Waals surface area (Å²) in [7, 11) is 3.35. The number of fused-ring (bicyclic) bond motifs is 1. The van der Waals surface area contributed by atoms with Crippen LogP contribution in [0, 0.1) is 17.5 Å². The van der Waals surface area contributed by atoms with E-state index in [1.807, 2.05) is 0 Å². The smallest absolute Gasteiger partial charge is 0.280 e. The van der Waals surface area contributed by atoms with E-state index in [1.165, 1.54) is 11.0 Å². The summed E-state index contributed by atoms with van der Waals surface area (Å²) in [5.41, 5.74) is 0.535. The average Bonchev–Trinajstić information content (AvgIpc) is 3.40. The van der Waals surface area contributed by atoms with Gasteiger partial charge in [0.05, 0.1) is 35.7 Å². The molecule has 0 aliphatic rings. The van der Waals surface area contributed by atoms with Gasteiger partial charge in [0.25, 0.3) is 0 Å². The Morgan fingerprint density at radius 2 is 1.76 bits per heavy atom. The molecule has 2 aromatic carbocycles. The number of urea groups is 1. The maximum Gasteiger partial charge on any atom is 0.332 e. The standard InChI is InChI=1S/C23H20ClF3N8O2/c1-13(36)35(10-22-29-11-33(3)31-22)23(37)34(9-14-4-18(26)19(27)7-17(14)25)12-28-21-5-15-8-32(2)30-20(15)6-16(21)24/h4-8,11-12H,9-10H2,1-3H3. The largest absolute Gasteiger partial charge is 0.332 e. The van der Waals surface area contributed by atoms with Crippen LogP contribution in [-0.4, -0.2) is 52.6 Å². The number of carbonyl (C=O) groups is 2. The van der Waals surface area contributed by atoms with Gasteiger partial charge in [-0.2, -0.15) is 10.2 Å². The lowest BCUT2D eigenvalue weighted by atomic mass is 10.2. The van der Waals surface area contributed by atoms with Crippen molar-refractivity contribution >= 4 is 46.5 Å². The minimum absolute atomic E-state index is 0.173. The molecule has 0 saturated carbocycles. The van der Waals surface area contributed by atoms with Crippen molar-refractivity contribution < 1.29 is 22.8 Å². The number of aryl methyl sites for hydroxylation is 2. The predicted molar refractivity (Wildman–Crippen MR) is 128 cm³/mol. The van der Waals surface area contributed by atoms with Gasteiger partial charge in [-0.3, -0.25) is 24.0 Å². The number of aliphatic imine (C=N–C) groups is 1. The van der Waals surface area contributed by atoms with Crippen LogP contribution in [0.3, 0.4) is 0 Å². The number of aromatic nitrogens is 5. The van der Waals surface area contributed by atoms with E-state index in [1.54, 1.807) is 37.1 Å². The molecule has 0 unspecified atom stereocenters. The van der Waals surface area contributed by atoms with Gasteiger partial charge in [-0.05, 0) is 18.2 Å². The zero-order valence-electron chi connectivity index (χ0n) is 19.9. The van der Waals surface area contributed by atoms with E-state index in [-0.39, 0.29) is 28.6 Å². The molecular formula is C23H20ClF3N8O2. The van der Waals surface area contributed by atoms with Crippen LogP contribution in [-0.2, 0) is 32.0 Å². The summed E-state index contributed by atoms with van der Waals surface area (Å²) >= 11 is 6.32. The normalized spacial score (nSPS) is 11.4. The molecule has 2 aromatic heterocycles. The lowest BCUT2D eigenvalue weighted by Gasteiger charge is -2.25. The van der Waals surface area contributed by atoms with Gasteiger partial charge in [-0.25, -0.2) is 27.9 Å². The third kappa shape index (κ3) is 5.77. The first kappa shape index (κ1) is 25.8. The van der Waals surface area contributed by atoms with Gasteiger partial charge in [0, 0.05) is 44.2 Å². The SMILES string of the molecule is CC(=O)N(Cc1ncn(C)n1)C(=O)N(C=Nc1cc2cn(C)nc2cc1Cl)Cc1cc(F)c(F)cc1F. The lowest BCUT2D eigenvalue weighted by Crippen LogP contribution is -2.44. The van der Waals surface area contributed by atoms with Gasteiger partial charge in [0.2, 0.25) is 5.91 Å². The van der Waals surface area contributed by atoms with Crippen LogP contribution in [0.1, 0.15) is 18.3 Å². The second kappa shape index (κ2) is 10.4. The van der Waals surface area contributed by atoms with Crippen LogP contribution in [0.2, 0.25) is 5.02 Å². The highest BCUT2D eigenvalue weighted by Gasteiger charge is 2.26. The summed E-state index contributed by atoms with van der Waals surface area (Å²) in [6.07, 6.45) is 4.17. The number of benzene rings is 2. The van der Waals surface area contributed by atoms with E-state index in [0.717, 1.165) is 28.4 Å². The molecule has 0 aliphatic heterocycles. The number of imide groups is 1. The molecule has 192 valence electrons. The Hall–Kier alpha value is -4.26. The molecule has 3 amide bonds. The number of nitrogens with zero attached hydrogens (tertiary/aromatic N) is 8. The van der Waals surface area contributed by atoms with Crippen LogP contribution in [0.15, 0.2) is 41.8 Å². The van der Waals surface area contributed by atoms with E-state index in [2.05, 4.69) is 20.2 Å². The van der Waals surface area contributed by atoms with Crippen LogP contribution in [0.25, 0.3) is 10.9 Å². The fourth-order valence-corrected chi connectivity index (χ4v) is 3.69. The third-order valence-corrected chi connectivity index (χ3v) is 5.56. The van der Waals surface area contributed by atoms with Crippen molar-refractivity contribution in [2.24, 2.45) is 19.1 Å². The number of halogens is 4. The third-order valence-electron chi connectivity index (χ3n) is 5.26. The second-order valence-electron chi connectivity index (χ2n) is 8.12. The topological polar surface area (TPSA) is 102 Å². The molecule has 0 aliphatic carbocycles. The zero-order valence-corrected chi connectivity index (χ0v) is 20.6. The molecule has 10 nitrogen and oxygen atoms in total. The van der Waals surface area contributed by atoms with Gasteiger partial charge in [0.15, 0.2) is 17.5 Å². The highest BCUT2D eigenvalue weighted by Crippen LogP contribution is 2.30.